The number of nitrogen functional groups attached to an aromatic ring is 1. The van der Waals surface area contributed by atoms with E-state index in [-0.39, 0.29) is 5.82 Å². The normalized spacial score (nSPS) is 9.71. The number of aryl methyl sites for hydroxylation is 1. The third-order valence-corrected chi connectivity index (χ3v) is 2.70. The van der Waals surface area contributed by atoms with Crippen molar-refractivity contribution in [2.45, 2.75) is 20.8 Å². The minimum atomic E-state index is -0.762. The first-order chi connectivity index (χ1) is 6.68. The lowest BCUT2D eigenvalue weighted by atomic mass is 10.3. The number of hydrogen-bond donors (Lipinski definition) is 1. The third kappa shape index (κ3) is 1.82. The molecule has 0 amide bonds. The van der Waals surface area contributed by atoms with Crippen LogP contribution in [-0.2, 0) is 0 Å². The van der Waals surface area contributed by atoms with Gasteiger partial charge in [0.05, 0.1) is 10.2 Å². The quantitative estimate of drug-likeness (QED) is 0.684. The predicted octanol–water partition coefficient (Wildman–Crippen LogP) is 2.75. The number of nitrogens with two attached hydrogens (primary N) is 1. The fourth-order valence-corrected chi connectivity index (χ4v) is 1.92. The van der Waals surface area contributed by atoms with Crippen molar-refractivity contribution < 1.29 is 4.39 Å². The highest BCUT2D eigenvalue weighted by Gasteiger charge is 2.08. The highest BCUT2D eigenvalue weighted by Crippen LogP contribution is 2.26. The summed E-state index contributed by atoms with van der Waals surface area (Å²) in [6.07, 6.45) is -0.762. The van der Waals surface area contributed by atoms with E-state index in [1.807, 2.05) is 26.2 Å². The number of fused-ring (bicyclic) bond motifs is 1. The van der Waals surface area contributed by atoms with Crippen LogP contribution in [0.3, 0.4) is 0 Å². The number of thiophene rings is 1. The molecule has 2 aromatic heterocycles. The topological polar surface area (TPSA) is 51.8 Å². The lowest BCUT2D eigenvalue weighted by Crippen LogP contribution is -1.96. The third-order valence-electron chi connectivity index (χ3n) is 1.59. The summed E-state index contributed by atoms with van der Waals surface area (Å²) in [4.78, 5) is 7.07. The maximum atomic E-state index is 12.7. The summed E-state index contributed by atoms with van der Waals surface area (Å²) >= 11 is 1.43. The number of hydrogen-bond acceptors (Lipinski definition) is 4. The molecule has 5 heteroatoms. The Labute approximate surface area is 85.8 Å². The van der Waals surface area contributed by atoms with E-state index in [4.69, 9.17) is 5.73 Å². The van der Waals surface area contributed by atoms with E-state index in [9.17, 15) is 4.39 Å². The molecule has 0 fully saturated rings. The lowest BCUT2D eigenvalue weighted by Gasteiger charge is -1.94. The van der Waals surface area contributed by atoms with Crippen LogP contribution in [0.15, 0.2) is 5.38 Å². The van der Waals surface area contributed by atoms with E-state index in [2.05, 4.69) is 9.97 Å². The molecule has 0 saturated carbocycles. The first-order valence-corrected chi connectivity index (χ1v) is 5.23. The van der Waals surface area contributed by atoms with Gasteiger partial charge in [-0.05, 0) is 17.9 Å². The average molecular weight is 213 g/mol. The molecule has 2 heterocycles. The van der Waals surface area contributed by atoms with Gasteiger partial charge in [-0.3, -0.25) is 0 Å². The van der Waals surface area contributed by atoms with E-state index in [0.717, 1.165) is 10.3 Å². The standard InChI is InChI=1S/C7H6FN3S.C2H6/c1-3-2-12-5-4(3)10-7(8)11-6(5)9;1-2/h2H,1H3,(H2,9,10,11);1-2H3. The maximum Gasteiger partial charge on any atom is 0.311 e. The molecule has 14 heavy (non-hydrogen) atoms. The maximum absolute atomic E-state index is 12.7. The van der Waals surface area contributed by atoms with E-state index in [1.54, 1.807) is 0 Å². The van der Waals surface area contributed by atoms with Crippen molar-refractivity contribution >= 4 is 27.4 Å². The number of halogens is 1. The summed E-state index contributed by atoms with van der Waals surface area (Å²) < 4.78 is 13.4. The van der Waals surface area contributed by atoms with Crippen LogP contribution in [0.4, 0.5) is 10.2 Å². The van der Waals surface area contributed by atoms with Crippen molar-refractivity contribution in [3.8, 4) is 0 Å². The van der Waals surface area contributed by atoms with Crippen LogP contribution in [0.1, 0.15) is 19.4 Å². The van der Waals surface area contributed by atoms with Gasteiger partial charge in [0.1, 0.15) is 5.82 Å². The molecule has 0 saturated heterocycles. The predicted molar refractivity (Wildman–Crippen MR) is 57.9 cm³/mol. The highest BCUT2D eigenvalue weighted by atomic mass is 32.1. The van der Waals surface area contributed by atoms with Gasteiger partial charge in [-0.2, -0.15) is 9.37 Å². The molecule has 76 valence electrons. The summed E-state index contributed by atoms with van der Waals surface area (Å²) in [6.45, 7) is 5.87. The van der Waals surface area contributed by atoms with Crippen molar-refractivity contribution in [3.05, 3.63) is 17.0 Å². The summed E-state index contributed by atoms with van der Waals surface area (Å²) in [5, 5.41) is 1.88. The van der Waals surface area contributed by atoms with Gasteiger partial charge in [-0.25, -0.2) is 4.98 Å². The fraction of sp³-hybridized carbons (Fsp3) is 0.333. The highest BCUT2D eigenvalue weighted by molar-refractivity contribution is 7.17. The van der Waals surface area contributed by atoms with E-state index in [1.165, 1.54) is 11.3 Å². The van der Waals surface area contributed by atoms with Gasteiger partial charge in [0.2, 0.25) is 0 Å². The molecule has 0 aliphatic carbocycles. The van der Waals surface area contributed by atoms with Crippen LogP contribution in [0, 0.1) is 13.0 Å². The van der Waals surface area contributed by atoms with Crippen molar-refractivity contribution in [3.63, 3.8) is 0 Å². The number of anilines is 1. The summed E-state index contributed by atoms with van der Waals surface area (Å²) in [7, 11) is 0. The molecule has 0 radical (unpaired) electrons. The van der Waals surface area contributed by atoms with Gasteiger partial charge in [-0.15, -0.1) is 11.3 Å². The Morgan fingerprint density at radius 2 is 2.00 bits per heavy atom. The zero-order valence-corrected chi connectivity index (χ0v) is 9.15. The Morgan fingerprint density at radius 3 is 2.64 bits per heavy atom. The first-order valence-electron chi connectivity index (χ1n) is 4.35. The van der Waals surface area contributed by atoms with Crippen LogP contribution in [0.5, 0.6) is 0 Å². The van der Waals surface area contributed by atoms with Crippen LogP contribution >= 0.6 is 11.3 Å². The van der Waals surface area contributed by atoms with Crippen LogP contribution in [-0.4, -0.2) is 9.97 Å². The molecule has 0 bridgehead atoms. The minimum Gasteiger partial charge on any atom is -0.382 e. The van der Waals surface area contributed by atoms with Gasteiger partial charge >= 0.3 is 6.08 Å². The molecule has 3 nitrogen and oxygen atoms in total. The van der Waals surface area contributed by atoms with Gasteiger partial charge in [0, 0.05) is 0 Å². The summed E-state index contributed by atoms with van der Waals surface area (Å²) in [5.41, 5.74) is 7.04. The molecule has 0 aliphatic rings. The molecule has 2 rings (SSSR count). The SMILES string of the molecule is CC.Cc1csc2c(N)nc(F)nc12. The number of nitrogens with zero attached hydrogens (tertiary/aromatic N) is 2. The molecule has 2 N–H and O–H groups in total. The zero-order valence-electron chi connectivity index (χ0n) is 8.34. The minimum absolute atomic E-state index is 0.218. The molecule has 2 aromatic rings. The van der Waals surface area contributed by atoms with Crippen molar-refractivity contribution in [1.29, 1.82) is 0 Å². The van der Waals surface area contributed by atoms with Gasteiger partial charge in [0.25, 0.3) is 0 Å². The molecule has 0 aliphatic heterocycles. The van der Waals surface area contributed by atoms with Crippen LogP contribution in [0.25, 0.3) is 10.2 Å². The molecule has 0 aromatic carbocycles. The fourth-order valence-electron chi connectivity index (χ4n) is 1.03. The van der Waals surface area contributed by atoms with Crippen LogP contribution < -0.4 is 5.73 Å². The second-order valence-corrected chi connectivity index (χ2v) is 3.35. The first kappa shape index (κ1) is 10.8. The number of rotatable bonds is 0. The van der Waals surface area contributed by atoms with E-state index >= 15 is 0 Å². The lowest BCUT2D eigenvalue weighted by molar-refractivity contribution is 0.546. The Balaban J connectivity index is 0.000000461. The molecular weight excluding hydrogens is 201 g/mol. The molecule has 0 spiro atoms. The number of aromatic nitrogens is 2. The van der Waals surface area contributed by atoms with Gasteiger partial charge in [-0.1, -0.05) is 13.8 Å². The molecule has 0 unspecified atom stereocenters. The smallest absolute Gasteiger partial charge is 0.311 e. The Morgan fingerprint density at radius 1 is 1.36 bits per heavy atom. The molecule has 0 atom stereocenters. The average Bonchev–Trinajstić information content (AvgIpc) is 2.52. The Bertz CT molecular complexity index is 439. The van der Waals surface area contributed by atoms with Crippen molar-refractivity contribution in [2.24, 2.45) is 0 Å². The second-order valence-electron chi connectivity index (χ2n) is 2.47. The van der Waals surface area contributed by atoms with E-state index < -0.39 is 6.08 Å². The largest absolute Gasteiger partial charge is 0.382 e. The van der Waals surface area contributed by atoms with Gasteiger partial charge in [0.15, 0.2) is 0 Å². The van der Waals surface area contributed by atoms with Gasteiger partial charge < -0.3 is 5.73 Å². The Kier molecular flexibility index (Phi) is 3.35. The van der Waals surface area contributed by atoms with Crippen LogP contribution in [0.2, 0.25) is 0 Å². The monoisotopic (exact) mass is 213 g/mol. The Hall–Kier alpha value is -1.23. The zero-order chi connectivity index (χ0) is 10.7. The van der Waals surface area contributed by atoms with E-state index in [0.29, 0.717) is 5.52 Å². The summed E-state index contributed by atoms with van der Waals surface area (Å²) in [5.74, 6) is 0.218. The van der Waals surface area contributed by atoms with Crippen molar-refractivity contribution in [1.82, 2.24) is 9.97 Å². The second kappa shape index (κ2) is 4.32. The summed E-state index contributed by atoms with van der Waals surface area (Å²) in [6, 6.07) is 0. The van der Waals surface area contributed by atoms with Crippen molar-refractivity contribution in [2.75, 3.05) is 5.73 Å². The molecular formula is C9H12FN3S.